The van der Waals surface area contributed by atoms with Gasteiger partial charge >= 0.3 is 5.97 Å². The number of sulfonamides is 1. The smallest absolute Gasteiger partial charge is 0.328 e. The zero-order chi connectivity index (χ0) is 18.6. The first-order chi connectivity index (χ1) is 11.7. The van der Waals surface area contributed by atoms with Gasteiger partial charge in [-0.3, -0.25) is 4.72 Å². The number of carbonyl (C=O) groups is 1. The quantitative estimate of drug-likeness (QED) is 0.764. The number of ether oxygens (including phenoxy) is 1. The third-order valence-electron chi connectivity index (χ3n) is 3.09. The fourth-order valence-electron chi connectivity index (χ4n) is 1.96. The van der Waals surface area contributed by atoms with E-state index in [0.29, 0.717) is 0 Å². The second kappa shape index (κ2) is 7.31. The number of carboxylic acid groups (broad SMARTS) is 1. The molecule has 0 spiro atoms. The maximum atomic E-state index is 13.7. The van der Waals surface area contributed by atoms with Crippen LogP contribution in [0.4, 0.5) is 14.5 Å². The highest BCUT2D eigenvalue weighted by molar-refractivity contribution is 7.92. The zero-order valence-corrected chi connectivity index (χ0v) is 13.7. The Morgan fingerprint density at radius 2 is 1.84 bits per heavy atom. The van der Waals surface area contributed by atoms with E-state index < -0.39 is 38.2 Å². The van der Waals surface area contributed by atoms with Gasteiger partial charge in [0.1, 0.15) is 28.0 Å². The predicted octanol–water partition coefficient (Wildman–Crippen LogP) is 2.87. The van der Waals surface area contributed by atoms with Crippen molar-refractivity contribution in [1.29, 1.82) is 0 Å². The summed E-state index contributed by atoms with van der Waals surface area (Å²) in [5, 5.41) is 8.64. The molecule has 25 heavy (non-hydrogen) atoms. The number of carboxylic acids is 1. The van der Waals surface area contributed by atoms with Crippen LogP contribution < -0.4 is 9.46 Å². The summed E-state index contributed by atoms with van der Waals surface area (Å²) in [4.78, 5) is 10.2. The number of hydrogen-bond acceptors (Lipinski definition) is 4. The third kappa shape index (κ3) is 4.32. The molecule has 2 N–H and O–H groups in total. The van der Waals surface area contributed by atoms with Crippen molar-refractivity contribution in [3.63, 3.8) is 0 Å². The minimum Gasteiger partial charge on any atom is -0.495 e. The first-order valence-corrected chi connectivity index (χ1v) is 8.29. The van der Waals surface area contributed by atoms with Crippen molar-refractivity contribution in [2.45, 2.75) is 4.90 Å². The molecular weight excluding hydrogens is 356 g/mol. The van der Waals surface area contributed by atoms with Gasteiger partial charge in [-0.1, -0.05) is 12.1 Å². The molecule has 0 saturated heterocycles. The van der Waals surface area contributed by atoms with Crippen LogP contribution in [0.5, 0.6) is 5.75 Å². The van der Waals surface area contributed by atoms with Crippen LogP contribution in [0.2, 0.25) is 0 Å². The summed E-state index contributed by atoms with van der Waals surface area (Å²) in [5.41, 5.74) is -0.575. The van der Waals surface area contributed by atoms with Crippen LogP contribution in [0.25, 0.3) is 6.08 Å². The molecule has 6 nitrogen and oxygen atoms in total. The Labute approximate surface area is 142 Å². The first kappa shape index (κ1) is 18.4. The largest absolute Gasteiger partial charge is 0.495 e. The lowest BCUT2D eigenvalue weighted by atomic mass is 10.2. The Hall–Kier alpha value is -2.94. The monoisotopic (exact) mass is 369 g/mol. The molecule has 0 bridgehead atoms. The Morgan fingerprint density at radius 1 is 1.20 bits per heavy atom. The Bertz CT molecular complexity index is 921. The van der Waals surface area contributed by atoms with Gasteiger partial charge in [-0.15, -0.1) is 0 Å². The molecule has 0 heterocycles. The molecule has 9 heteroatoms. The van der Waals surface area contributed by atoms with Gasteiger partial charge in [-0.2, -0.15) is 0 Å². The molecule has 0 aromatic heterocycles. The predicted molar refractivity (Wildman–Crippen MR) is 86.8 cm³/mol. The highest BCUT2D eigenvalue weighted by atomic mass is 32.2. The van der Waals surface area contributed by atoms with E-state index >= 15 is 0 Å². The van der Waals surface area contributed by atoms with Gasteiger partial charge in [-0.25, -0.2) is 22.0 Å². The topological polar surface area (TPSA) is 92.7 Å². The summed E-state index contributed by atoms with van der Waals surface area (Å²) in [7, 11) is -3.17. The number of hydrogen-bond donors (Lipinski definition) is 2. The molecule has 0 radical (unpaired) electrons. The normalized spacial score (nSPS) is 11.5. The molecule has 0 amide bonds. The van der Waals surface area contributed by atoms with Gasteiger partial charge in [0.2, 0.25) is 0 Å². The number of rotatable bonds is 6. The van der Waals surface area contributed by atoms with Crippen LogP contribution in [0.15, 0.2) is 47.4 Å². The number of benzene rings is 2. The molecule has 0 saturated carbocycles. The summed E-state index contributed by atoms with van der Waals surface area (Å²) in [6.45, 7) is 0. The fourth-order valence-corrected chi connectivity index (χ4v) is 3.24. The average molecular weight is 369 g/mol. The molecular formula is C16H13F2NO5S. The van der Waals surface area contributed by atoms with E-state index in [9.17, 15) is 22.0 Å². The van der Waals surface area contributed by atoms with Gasteiger partial charge < -0.3 is 9.84 Å². The van der Waals surface area contributed by atoms with E-state index in [1.165, 1.54) is 25.3 Å². The summed E-state index contributed by atoms with van der Waals surface area (Å²) in [5.74, 6) is -3.45. The van der Waals surface area contributed by atoms with Crippen LogP contribution in [-0.4, -0.2) is 26.6 Å². The van der Waals surface area contributed by atoms with E-state index in [4.69, 9.17) is 9.84 Å². The van der Waals surface area contributed by atoms with Crippen molar-refractivity contribution in [2.75, 3.05) is 11.8 Å². The standard InChI is InChI=1S/C16H13F2NO5S/c1-24-13-7-5-10(6-8-15(20)21)9-14(13)25(22,23)19-16-11(17)3-2-4-12(16)18/h2-9,19H,1H3,(H,20,21)/b8-6+. The zero-order valence-electron chi connectivity index (χ0n) is 12.9. The Balaban J connectivity index is 2.50. The summed E-state index contributed by atoms with van der Waals surface area (Å²) < 4.78 is 59.2. The Kier molecular flexibility index (Phi) is 5.38. The first-order valence-electron chi connectivity index (χ1n) is 6.80. The fraction of sp³-hybridized carbons (Fsp3) is 0.0625. The Morgan fingerprint density at radius 3 is 2.40 bits per heavy atom. The van der Waals surface area contributed by atoms with Crippen LogP contribution in [0.3, 0.4) is 0 Å². The van der Waals surface area contributed by atoms with Crippen LogP contribution in [0.1, 0.15) is 5.56 Å². The van der Waals surface area contributed by atoms with E-state index in [2.05, 4.69) is 0 Å². The van der Waals surface area contributed by atoms with Crippen LogP contribution >= 0.6 is 0 Å². The second-order valence-corrected chi connectivity index (χ2v) is 6.43. The van der Waals surface area contributed by atoms with Crippen molar-refractivity contribution >= 4 is 27.8 Å². The molecule has 0 atom stereocenters. The van der Waals surface area contributed by atoms with Gasteiger partial charge in [0.05, 0.1) is 7.11 Å². The summed E-state index contributed by atoms with van der Waals surface area (Å²) >= 11 is 0. The van der Waals surface area contributed by atoms with Crippen molar-refractivity contribution in [3.8, 4) is 5.75 Å². The van der Waals surface area contributed by atoms with Crippen molar-refractivity contribution < 1.29 is 31.8 Å². The molecule has 2 rings (SSSR count). The van der Waals surface area contributed by atoms with Gasteiger partial charge in [0.15, 0.2) is 0 Å². The second-order valence-electron chi connectivity index (χ2n) is 4.78. The molecule has 2 aromatic carbocycles. The third-order valence-corrected chi connectivity index (χ3v) is 4.47. The number of para-hydroxylation sites is 1. The molecule has 0 aliphatic carbocycles. The SMILES string of the molecule is COc1ccc(/C=C/C(=O)O)cc1S(=O)(=O)Nc1c(F)cccc1F. The lowest BCUT2D eigenvalue weighted by Gasteiger charge is -2.13. The highest BCUT2D eigenvalue weighted by Gasteiger charge is 2.23. The van der Waals surface area contributed by atoms with E-state index in [0.717, 1.165) is 30.3 Å². The number of methoxy groups -OCH3 is 1. The van der Waals surface area contributed by atoms with Crippen LogP contribution in [0, 0.1) is 11.6 Å². The van der Waals surface area contributed by atoms with Crippen molar-refractivity contribution in [1.82, 2.24) is 0 Å². The number of nitrogens with one attached hydrogen (secondary N) is 1. The van der Waals surface area contributed by atoms with E-state index in [1.54, 1.807) is 0 Å². The lowest BCUT2D eigenvalue weighted by Crippen LogP contribution is -2.16. The van der Waals surface area contributed by atoms with Gasteiger partial charge in [0, 0.05) is 6.08 Å². The molecule has 132 valence electrons. The van der Waals surface area contributed by atoms with Crippen molar-refractivity contribution in [3.05, 3.63) is 59.7 Å². The molecule has 0 fully saturated rings. The maximum absolute atomic E-state index is 13.7. The lowest BCUT2D eigenvalue weighted by molar-refractivity contribution is -0.131. The van der Waals surface area contributed by atoms with Crippen molar-refractivity contribution in [2.24, 2.45) is 0 Å². The maximum Gasteiger partial charge on any atom is 0.328 e. The van der Waals surface area contributed by atoms with Crippen LogP contribution in [-0.2, 0) is 14.8 Å². The highest BCUT2D eigenvalue weighted by Crippen LogP contribution is 2.29. The summed E-state index contributed by atoms with van der Waals surface area (Å²) in [6, 6.07) is 6.77. The molecule has 0 aliphatic heterocycles. The van der Waals surface area contributed by atoms with E-state index in [-0.39, 0.29) is 11.3 Å². The number of anilines is 1. The molecule has 2 aromatic rings. The minimum absolute atomic E-state index is 0.0725. The molecule has 0 aliphatic rings. The van der Waals surface area contributed by atoms with E-state index in [1.807, 2.05) is 4.72 Å². The van der Waals surface area contributed by atoms with Gasteiger partial charge in [-0.05, 0) is 35.9 Å². The average Bonchev–Trinajstić information content (AvgIpc) is 2.56. The number of aliphatic carboxylic acids is 1. The number of halogens is 2. The van der Waals surface area contributed by atoms with Gasteiger partial charge in [0.25, 0.3) is 10.0 Å². The summed E-state index contributed by atoms with van der Waals surface area (Å²) in [6.07, 6.45) is 1.99. The minimum atomic E-state index is -4.40. The molecule has 0 unspecified atom stereocenters.